The third-order valence-electron chi connectivity index (χ3n) is 7.40. The SMILES string of the molecule is Cc1cc(F)ccc1C1CN(C(C)(C)C(N)=O)CCC1C(=O)N(C)Cc1cc(C(F)(F)F)cc(C(F)(F)F)c1. The summed E-state index contributed by atoms with van der Waals surface area (Å²) in [5, 5.41) is 0. The smallest absolute Gasteiger partial charge is 0.368 e. The van der Waals surface area contributed by atoms with E-state index in [9.17, 15) is 40.3 Å². The van der Waals surface area contributed by atoms with Crippen molar-refractivity contribution >= 4 is 11.8 Å². The van der Waals surface area contributed by atoms with E-state index in [0.29, 0.717) is 29.8 Å². The molecule has 2 atom stereocenters. The van der Waals surface area contributed by atoms with Crippen molar-refractivity contribution in [3.63, 3.8) is 0 Å². The summed E-state index contributed by atoms with van der Waals surface area (Å²) in [6, 6.07) is 5.32. The summed E-state index contributed by atoms with van der Waals surface area (Å²) >= 11 is 0. The normalized spacial score (nSPS) is 19.2. The number of aryl methyl sites for hydroxylation is 1. The van der Waals surface area contributed by atoms with Crippen molar-refractivity contribution in [3.8, 4) is 0 Å². The highest BCUT2D eigenvalue weighted by Crippen LogP contribution is 2.39. The molecular formula is C27H30F7N3O2. The first-order valence-corrected chi connectivity index (χ1v) is 12.2. The van der Waals surface area contributed by atoms with Crippen LogP contribution in [0.3, 0.4) is 0 Å². The molecule has 214 valence electrons. The van der Waals surface area contributed by atoms with Gasteiger partial charge in [0.15, 0.2) is 0 Å². The minimum Gasteiger partial charge on any atom is -0.368 e. The first-order chi connectivity index (χ1) is 17.8. The van der Waals surface area contributed by atoms with Gasteiger partial charge in [-0.3, -0.25) is 14.5 Å². The lowest BCUT2D eigenvalue weighted by molar-refractivity contribution is -0.143. The topological polar surface area (TPSA) is 66.6 Å². The number of alkyl halides is 6. The second-order valence-electron chi connectivity index (χ2n) is 10.5. The Morgan fingerprint density at radius 1 is 1.00 bits per heavy atom. The average Bonchev–Trinajstić information content (AvgIpc) is 2.81. The number of hydrogen-bond donors (Lipinski definition) is 1. The number of likely N-dealkylation sites (tertiary alicyclic amines) is 1. The van der Waals surface area contributed by atoms with E-state index in [1.54, 1.807) is 26.8 Å². The van der Waals surface area contributed by atoms with Gasteiger partial charge in [-0.1, -0.05) is 6.07 Å². The highest BCUT2D eigenvalue weighted by Gasteiger charge is 2.43. The maximum Gasteiger partial charge on any atom is 0.416 e. The van der Waals surface area contributed by atoms with Gasteiger partial charge in [-0.25, -0.2) is 4.39 Å². The number of piperidine rings is 1. The Kier molecular flexibility index (Phi) is 8.40. The van der Waals surface area contributed by atoms with Crippen LogP contribution < -0.4 is 5.73 Å². The summed E-state index contributed by atoms with van der Waals surface area (Å²) in [6.45, 7) is 4.96. The summed E-state index contributed by atoms with van der Waals surface area (Å²) in [7, 11) is 1.31. The minimum absolute atomic E-state index is 0.0366. The van der Waals surface area contributed by atoms with E-state index in [1.807, 2.05) is 4.90 Å². The van der Waals surface area contributed by atoms with Gasteiger partial charge >= 0.3 is 12.4 Å². The third-order valence-corrected chi connectivity index (χ3v) is 7.40. The fourth-order valence-corrected chi connectivity index (χ4v) is 5.03. The van der Waals surface area contributed by atoms with E-state index >= 15 is 0 Å². The summed E-state index contributed by atoms with van der Waals surface area (Å²) in [6.07, 6.45) is -9.79. The van der Waals surface area contributed by atoms with Gasteiger partial charge in [-0.05, 0) is 80.8 Å². The second-order valence-corrected chi connectivity index (χ2v) is 10.5. The Morgan fingerprint density at radius 2 is 1.56 bits per heavy atom. The molecule has 1 aliphatic rings. The van der Waals surface area contributed by atoms with Crippen LogP contribution in [0.4, 0.5) is 30.7 Å². The number of carbonyl (C=O) groups is 2. The van der Waals surface area contributed by atoms with Crippen LogP contribution in [0.25, 0.3) is 0 Å². The van der Waals surface area contributed by atoms with Crippen molar-refractivity contribution in [2.45, 2.75) is 57.5 Å². The lowest BCUT2D eigenvalue weighted by atomic mass is 9.77. The molecule has 1 saturated heterocycles. The summed E-state index contributed by atoms with van der Waals surface area (Å²) in [4.78, 5) is 28.6. The molecular weight excluding hydrogens is 531 g/mol. The van der Waals surface area contributed by atoms with Crippen LogP contribution in [0.1, 0.15) is 54.0 Å². The van der Waals surface area contributed by atoms with Crippen molar-refractivity contribution < 1.29 is 40.3 Å². The van der Waals surface area contributed by atoms with Crippen molar-refractivity contribution in [3.05, 3.63) is 70.0 Å². The number of primary amides is 1. The highest BCUT2D eigenvalue weighted by atomic mass is 19.4. The van der Waals surface area contributed by atoms with Crippen LogP contribution in [0.5, 0.6) is 0 Å². The predicted octanol–water partition coefficient (Wildman–Crippen LogP) is 5.50. The predicted molar refractivity (Wildman–Crippen MR) is 130 cm³/mol. The Hall–Kier alpha value is -3.15. The lowest BCUT2D eigenvalue weighted by Crippen LogP contribution is -2.58. The maximum atomic E-state index is 13.8. The van der Waals surface area contributed by atoms with E-state index in [2.05, 4.69) is 0 Å². The van der Waals surface area contributed by atoms with Crippen LogP contribution in [0.2, 0.25) is 0 Å². The Labute approximate surface area is 221 Å². The third kappa shape index (κ3) is 6.71. The van der Waals surface area contributed by atoms with Gasteiger partial charge in [-0.15, -0.1) is 0 Å². The van der Waals surface area contributed by atoms with Gasteiger partial charge in [0.1, 0.15) is 5.82 Å². The number of nitrogens with zero attached hydrogens (tertiary/aromatic N) is 2. The molecule has 0 aromatic heterocycles. The van der Waals surface area contributed by atoms with Crippen molar-refractivity contribution in [2.75, 3.05) is 20.1 Å². The zero-order valence-corrected chi connectivity index (χ0v) is 21.9. The molecule has 1 heterocycles. The number of benzene rings is 2. The molecule has 0 aliphatic carbocycles. The van der Waals surface area contributed by atoms with Gasteiger partial charge in [0.2, 0.25) is 11.8 Å². The number of hydrogen-bond acceptors (Lipinski definition) is 3. The highest BCUT2D eigenvalue weighted by molar-refractivity contribution is 5.84. The molecule has 12 heteroatoms. The second kappa shape index (κ2) is 10.8. The van der Waals surface area contributed by atoms with Crippen LogP contribution in [-0.2, 0) is 28.5 Å². The van der Waals surface area contributed by atoms with Gasteiger partial charge in [-0.2, -0.15) is 26.3 Å². The van der Waals surface area contributed by atoms with Crippen molar-refractivity contribution in [1.29, 1.82) is 0 Å². The van der Waals surface area contributed by atoms with Crippen LogP contribution in [-0.4, -0.2) is 47.3 Å². The Morgan fingerprint density at radius 3 is 2.05 bits per heavy atom. The molecule has 2 aromatic rings. The summed E-state index contributed by atoms with van der Waals surface area (Å²) < 4.78 is 93.7. The van der Waals surface area contributed by atoms with E-state index in [0.717, 1.165) is 4.90 Å². The van der Waals surface area contributed by atoms with Crippen LogP contribution in [0, 0.1) is 18.7 Å². The Balaban J connectivity index is 1.95. The molecule has 0 saturated carbocycles. The number of nitrogens with two attached hydrogens (primary N) is 1. The van der Waals surface area contributed by atoms with E-state index < -0.39 is 65.0 Å². The zero-order valence-electron chi connectivity index (χ0n) is 21.9. The van der Waals surface area contributed by atoms with E-state index in [1.165, 1.54) is 19.2 Å². The first kappa shape index (κ1) is 30.4. The number of amides is 2. The molecule has 0 spiro atoms. The molecule has 39 heavy (non-hydrogen) atoms. The fourth-order valence-electron chi connectivity index (χ4n) is 5.03. The van der Waals surface area contributed by atoms with Crippen LogP contribution >= 0.6 is 0 Å². The van der Waals surface area contributed by atoms with Crippen molar-refractivity contribution in [2.24, 2.45) is 11.7 Å². The maximum absolute atomic E-state index is 13.8. The quantitative estimate of drug-likeness (QED) is 0.474. The molecule has 2 N–H and O–H groups in total. The average molecular weight is 562 g/mol. The zero-order chi connectivity index (χ0) is 29.5. The van der Waals surface area contributed by atoms with E-state index in [-0.39, 0.29) is 24.6 Å². The number of halogens is 7. The lowest BCUT2D eigenvalue weighted by Gasteiger charge is -2.45. The summed E-state index contributed by atoms with van der Waals surface area (Å²) in [5.41, 5.74) is 2.48. The molecule has 2 aromatic carbocycles. The number of rotatable bonds is 6. The molecule has 0 radical (unpaired) electrons. The minimum atomic E-state index is -5.01. The molecule has 5 nitrogen and oxygen atoms in total. The summed E-state index contributed by atoms with van der Waals surface area (Å²) in [5.74, 6) is -2.83. The fraction of sp³-hybridized carbons (Fsp3) is 0.481. The largest absolute Gasteiger partial charge is 0.416 e. The molecule has 2 amide bonds. The van der Waals surface area contributed by atoms with E-state index in [4.69, 9.17) is 5.73 Å². The molecule has 1 aliphatic heterocycles. The van der Waals surface area contributed by atoms with Gasteiger partial charge in [0.25, 0.3) is 0 Å². The molecule has 3 rings (SSSR count). The van der Waals surface area contributed by atoms with Crippen LogP contribution in [0.15, 0.2) is 36.4 Å². The monoisotopic (exact) mass is 561 g/mol. The molecule has 0 bridgehead atoms. The van der Waals surface area contributed by atoms with Gasteiger partial charge in [0.05, 0.1) is 16.7 Å². The Bertz CT molecular complexity index is 1210. The van der Waals surface area contributed by atoms with Crippen molar-refractivity contribution in [1.82, 2.24) is 9.80 Å². The number of carbonyl (C=O) groups excluding carboxylic acids is 2. The van der Waals surface area contributed by atoms with Gasteiger partial charge < -0.3 is 10.6 Å². The molecule has 2 unspecified atom stereocenters. The van der Waals surface area contributed by atoms with Gasteiger partial charge in [0, 0.05) is 32.0 Å². The standard InChI is InChI=1S/C27H30F7N3O2/c1-15-9-19(28)5-6-20(15)22-14-37(25(2,3)24(35)39)8-7-21(22)23(38)36(4)13-16-10-17(26(29,30)31)12-18(11-16)27(32,33)34/h5-6,9-12,21-22H,7-8,13-14H2,1-4H3,(H2,35,39). The first-order valence-electron chi connectivity index (χ1n) is 12.2. The molecule has 1 fully saturated rings.